The molecule has 1 aromatic carbocycles. The van der Waals surface area contributed by atoms with Crippen molar-refractivity contribution in [1.82, 2.24) is 14.5 Å². The molecule has 178 valence electrons. The van der Waals surface area contributed by atoms with Crippen molar-refractivity contribution in [3.63, 3.8) is 0 Å². The molecule has 4 rings (SSSR count). The standard InChI is InChI=1S/C23H32N4O5Si/c1-33(2,3)16-15-31-17-26-21(28)10-13-25(22(26)29)19-7-6-8-20-18(19)9-14-27(20)32-23(30)24-11-4-5-12-24/h6-9,14H,4-5,10-13,15-17H2,1-3H3. The van der Waals surface area contributed by atoms with Gasteiger partial charge in [0.15, 0.2) is 0 Å². The zero-order valence-corrected chi connectivity index (χ0v) is 20.6. The molecule has 9 nitrogen and oxygen atoms in total. The van der Waals surface area contributed by atoms with Gasteiger partial charge < -0.3 is 14.5 Å². The number of carbonyl (C=O) groups is 3. The molecule has 0 saturated carbocycles. The Morgan fingerprint density at radius 3 is 2.55 bits per heavy atom. The van der Waals surface area contributed by atoms with E-state index in [4.69, 9.17) is 9.57 Å². The van der Waals surface area contributed by atoms with Gasteiger partial charge in [-0.2, -0.15) is 4.73 Å². The predicted molar refractivity (Wildman–Crippen MR) is 128 cm³/mol. The third-order valence-electron chi connectivity index (χ3n) is 6.03. The first-order chi connectivity index (χ1) is 15.7. The molecule has 0 radical (unpaired) electrons. The SMILES string of the molecule is C[Si](C)(C)CCOCN1C(=O)CCN(c2cccc3c2ccn3OC(=O)N2CCCC2)C1=O. The fourth-order valence-electron chi connectivity index (χ4n) is 4.06. The number of imide groups is 1. The van der Waals surface area contributed by atoms with Gasteiger partial charge in [0.2, 0.25) is 5.91 Å². The normalized spacial score (nSPS) is 17.4. The summed E-state index contributed by atoms with van der Waals surface area (Å²) in [7, 11) is -1.26. The van der Waals surface area contributed by atoms with Crippen molar-refractivity contribution in [2.24, 2.45) is 0 Å². The van der Waals surface area contributed by atoms with Crippen molar-refractivity contribution in [2.75, 3.05) is 37.9 Å². The van der Waals surface area contributed by atoms with Gasteiger partial charge >= 0.3 is 12.1 Å². The van der Waals surface area contributed by atoms with E-state index in [0.717, 1.165) is 24.3 Å². The Bertz CT molecular complexity index is 1040. The number of fused-ring (bicyclic) bond motifs is 1. The first-order valence-electron chi connectivity index (χ1n) is 11.5. The van der Waals surface area contributed by atoms with Crippen LogP contribution >= 0.6 is 0 Å². The summed E-state index contributed by atoms with van der Waals surface area (Å²) in [5.74, 6) is -0.228. The molecule has 33 heavy (non-hydrogen) atoms. The first-order valence-corrected chi connectivity index (χ1v) is 15.2. The quantitative estimate of drug-likeness (QED) is 0.453. The van der Waals surface area contributed by atoms with Crippen LogP contribution in [0.15, 0.2) is 30.5 Å². The summed E-state index contributed by atoms with van der Waals surface area (Å²) in [5.41, 5.74) is 1.36. The predicted octanol–water partition coefficient (Wildman–Crippen LogP) is 3.76. The van der Waals surface area contributed by atoms with Crippen molar-refractivity contribution in [1.29, 1.82) is 0 Å². The first kappa shape index (κ1) is 23.3. The number of hydrogen-bond acceptors (Lipinski definition) is 5. The Morgan fingerprint density at radius 1 is 1.06 bits per heavy atom. The third kappa shape index (κ3) is 5.22. The van der Waals surface area contributed by atoms with Crippen LogP contribution in [0, 0.1) is 0 Å². The smallest absolute Gasteiger partial charge is 0.361 e. The molecule has 1 aromatic heterocycles. The van der Waals surface area contributed by atoms with E-state index in [-0.39, 0.29) is 25.2 Å². The highest BCUT2D eigenvalue weighted by molar-refractivity contribution is 6.76. The highest BCUT2D eigenvalue weighted by Gasteiger charge is 2.34. The Morgan fingerprint density at radius 2 is 1.82 bits per heavy atom. The minimum absolute atomic E-state index is 0.0386. The fourth-order valence-corrected chi connectivity index (χ4v) is 4.82. The molecule has 2 saturated heterocycles. The molecular weight excluding hydrogens is 440 g/mol. The van der Waals surface area contributed by atoms with Crippen LogP contribution in [0.2, 0.25) is 25.7 Å². The number of carbonyl (C=O) groups excluding carboxylic acids is 3. The van der Waals surface area contributed by atoms with Crippen molar-refractivity contribution < 1.29 is 24.0 Å². The number of anilines is 1. The van der Waals surface area contributed by atoms with E-state index in [9.17, 15) is 14.4 Å². The minimum atomic E-state index is -1.26. The van der Waals surface area contributed by atoms with Gasteiger partial charge in [0.05, 0.1) is 11.2 Å². The maximum atomic E-state index is 13.2. The van der Waals surface area contributed by atoms with Gasteiger partial charge in [0.25, 0.3) is 0 Å². The Labute approximate surface area is 194 Å². The average molecular weight is 473 g/mol. The van der Waals surface area contributed by atoms with Crippen molar-refractivity contribution in [3.8, 4) is 0 Å². The molecule has 3 heterocycles. The van der Waals surface area contributed by atoms with E-state index in [1.165, 1.54) is 9.63 Å². The van der Waals surface area contributed by atoms with Gasteiger partial charge in [-0.25, -0.2) is 14.5 Å². The van der Waals surface area contributed by atoms with Gasteiger partial charge in [-0.05, 0) is 37.1 Å². The summed E-state index contributed by atoms with van der Waals surface area (Å²) < 4.78 is 7.13. The molecule has 0 N–H and O–H groups in total. The Balaban J connectivity index is 1.49. The van der Waals surface area contributed by atoms with E-state index in [1.54, 1.807) is 16.0 Å². The summed E-state index contributed by atoms with van der Waals surface area (Å²) in [4.78, 5) is 48.1. The van der Waals surface area contributed by atoms with Crippen molar-refractivity contribution >= 4 is 42.7 Å². The molecule has 0 atom stereocenters. The van der Waals surface area contributed by atoms with Gasteiger partial charge in [-0.15, -0.1) is 0 Å². The van der Waals surface area contributed by atoms with E-state index in [0.29, 0.717) is 37.4 Å². The molecule has 10 heteroatoms. The van der Waals surface area contributed by atoms with Gasteiger partial charge in [0.1, 0.15) is 6.73 Å². The summed E-state index contributed by atoms with van der Waals surface area (Å²) in [6.07, 6.45) is 3.50. The second-order valence-electron chi connectivity index (χ2n) is 9.76. The third-order valence-corrected chi connectivity index (χ3v) is 7.74. The zero-order chi connectivity index (χ0) is 23.6. The largest absolute Gasteiger partial charge is 0.434 e. The van der Waals surface area contributed by atoms with Crippen LogP contribution in [-0.2, 0) is 9.53 Å². The summed E-state index contributed by atoms with van der Waals surface area (Å²) in [6, 6.07) is 7.89. The highest BCUT2D eigenvalue weighted by atomic mass is 28.3. The monoisotopic (exact) mass is 472 g/mol. The van der Waals surface area contributed by atoms with E-state index in [1.807, 2.05) is 24.3 Å². The van der Waals surface area contributed by atoms with Crippen LogP contribution in [0.5, 0.6) is 0 Å². The number of benzene rings is 1. The topological polar surface area (TPSA) is 84.3 Å². The van der Waals surface area contributed by atoms with E-state index < -0.39 is 14.1 Å². The molecular formula is C23H32N4O5Si. The zero-order valence-electron chi connectivity index (χ0n) is 19.6. The molecule has 0 aliphatic carbocycles. The lowest BCUT2D eigenvalue weighted by atomic mass is 10.1. The molecule has 2 aromatic rings. The van der Waals surface area contributed by atoms with Crippen LogP contribution in [-0.4, -0.2) is 73.6 Å². The lowest BCUT2D eigenvalue weighted by molar-refractivity contribution is -0.133. The van der Waals surface area contributed by atoms with Crippen LogP contribution < -0.4 is 9.74 Å². The molecule has 0 bridgehead atoms. The molecule has 4 amide bonds. The van der Waals surface area contributed by atoms with E-state index in [2.05, 4.69) is 19.6 Å². The lowest BCUT2D eigenvalue weighted by Gasteiger charge is -2.34. The minimum Gasteiger partial charge on any atom is -0.361 e. The van der Waals surface area contributed by atoms with Gasteiger partial charge in [-0.1, -0.05) is 25.7 Å². The number of aromatic nitrogens is 1. The number of hydrogen-bond donors (Lipinski definition) is 0. The van der Waals surface area contributed by atoms with Crippen LogP contribution in [0.1, 0.15) is 19.3 Å². The number of ether oxygens (including phenoxy) is 1. The molecule has 2 aliphatic rings. The maximum Gasteiger partial charge on any atom is 0.434 e. The summed E-state index contributed by atoms with van der Waals surface area (Å²) in [6.45, 7) is 8.96. The number of amides is 4. The van der Waals surface area contributed by atoms with Crippen molar-refractivity contribution in [2.45, 2.75) is 44.9 Å². The summed E-state index contributed by atoms with van der Waals surface area (Å²) >= 11 is 0. The fraction of sp³-hybridized carbons (Fsp3) is 0.522. The Hall–Kier alpha value is -2.85. The number of nitrogens with zero attached hydrogens (tertiary/aromatic N) is 4. The lowest BCUT2D eigenvalue weighted by Crippen LogP contribution is -2.53. The van der Waals surface area contributed by atoms with Crippen LogP contribution in [0.4, 0.5) is 15.3 Å². The van der Waals surface area contributed by atoms with Gasteiger partial charge in [0, 0.05) is 52.3 Å². The second-order valence-corrected chi connectivity index (χ2v) is 15.4. The number of likely N-dealkylation sites (tertiary alicyclic amines) is 1. The Kier molecular flexibility index (Phi) is 6.75. The highest BCUT2D eigenvalue weighted by Crippen LogP contribution is 2.30. The molecule has 2 fully saturated rings. The van der Waals surface area contributed by atoms with Crippen LogP contribution in [0.25, 0.3) is 10.9 Å². The summed E-state index contributed by atoms with van der Waals surface area (Å²) in [5, 5.41) is 0.772. The van der Waals surface area contributed by atoms with Gasteiger partial charge in [-0.3, -0.25) is 9.69 Å². The maximum absolute atomic E-state index is 13.2. The number of rotatable bonds is 7. The van der Waals surface area contributed by atoms with Crippen LogP contribution in [0.3, 0.4) is 0 Å². The molecule has 2 aliphatic heterocycles. The average Bonchev–Trinajstić information content (AvgIpc) is 3.43. The number of urea groups is 1. The van der Waals surface area contributed by atoms with Crippen molar-refractivity contribution in [3.05, 3.63) is 30.5 Å². The molecule has 0 unspecified atom stereocenters. The second kappa shape index (κ2) is 9.56. The molecule has 0 spiro atoms. The van der Waals surface area contributed by atoms with E-state index >= 15 is 0 Å².